The van der Waals surface area contributed by atoms with Crippen molar-refractivity contribution < 1.29 is 10.0 Å². The van der Waals surface area contributed by atoms with E-state index in [1.165, 1.54) is 6.20 Å². The lowest BCUT2D eigenvalue weighted by atomic mass is 10.1. The summed E-state index contributed by atoms with van der Waals surface area (Å²) in [6, 6.07) is 2.03. The largest absolute Gasteiger partial charge is 0.392 e. The molecule has 1 aromatic heterocycles. The van der Waals surface area contributed by atoms with Gasteiger partial charge in [-0.05, 0) is 26.8 Å². The summed E-state index contributed by atoms with van der Waals surface area (Å²) in [5.41, 5.74) is 0.683. The second-order valence-corrected chi connectivity index (χ2v) is 5.74. The number of aromatic nitrogens is 1. The number of nitro groups is 1. The highest BCUT2D eigenvalue weighted by Gasteiger charge is 2.26. The molecule has 2 atom stereocenters. The van der Waals surface area contributed by atoms with E-state index in [-0.39, 0.29) is 17.8 Å². The van der Waals surface area contributed by atoms with E-state index < -0.39 is 4.92 Å². The molecule has 116 valence electrons. The van der Waals surface area contributed by atoms with E-state index in [2.05, 4.69) is 21.7 Å². The van der Waals surface area contributed by atoms with Crippen molar-refractivity contribution in [3.05, 3.63) is 27.9 Å². The predicted molar refractivity (Wildman–Crippen MR) is 80.6 cm³/mol. The third kappa shape index (κ3) is 3.68. The summed E-state index contributed by atoms with van der Waals surface area (Å²) < 4.78 is 0. The number of aliphatic hydroxyl groups excluding tert-OH is 1. The van der Waals surface area contributed by atoms with E-state index in [4.69, 9.17) is 0 Å². The van der Waals surface area contributed by atoms with E-state index in [1.807, 2.05) is 0 Å². The summed E-state index contributed by atoms with van der Waals surface area (Å²) in [6.07, 6.45) is 1.00. The molecule has 7 nitrogen and oxygen atoms in total. The molecule has 1 N–H and O–H groups in total. The molecule has 1 aliphatic rings. The van der Waals surface area contributed by atoms with Crippen molar-refractivity contribution in [3.8, 4) is 0 Å². The summed E-state index contributed by atoms with van der Waals surface area (Å²) >= 11 is 0. The fourth-order valence-corrected chi connectivity index (χ4v) is 2.80. The van der Waals surface area contributed by atoms with Crippen LogP contribution in [0, 0.1) is 17.0 Å². The molecule has 1 fully saturated rings. The van der Waals surface area contributed by atoms with Crippen LogP contribution in [0.4, 0.5) is 11.5 Å². The summed E-state index contributed by atoms with van der Waals surface area (Å²) in [7, 11) is 0. The number of rotatable bonds is 4. The van der Waals surface area contributed by atoms with Crippen molar-refractivity contribution in [2.75, 3.05) is 31.1 Å². The number of hydrogen-bond donors (Lipinski definition) is 1. The van der Waals surface area contributed by atoms with Gasteiger partial charge in [-0.3, -0.25) is 15.0 Å². The van der Waals surface area contributed by atoms with Crippen molar-refractivity contribution in [1.82, 2.24) is 9.88 Å². The summed E-state index contributed by atoms with van der Waals surface area (Å²) in [6.45, 7) is 8.81. The Labute approximate surface area is 124 Å². The highest BCUT2D eigenvalue weighted by atomic mass is 16.6. The zero-order valence-electron chi connectivity index (χ0n) is 12.7. The van der Waals surface area contributed by atoms with Gasteiger partial charge in [0.2, 0.25) is 0 Å². The summed E-state index contributed by atoms with van der Waals surface area (Å²) in [5, 5.41) is 20.3. The first-order chi connectivity index (χ1) is 9.88. The Kier molecular flexibility index (Phi) is 4.74. The molecule has 7 heteroatoms. The van der Waals surface area contributed by atoms with Crippen molar-refractivity contribution in [2.24, 2.45) is 0 Å². The van der Waals surface area contributed by atoms with Crippen LogP contribution < -0.4 is 4.90 Å². The highest BCUT2D eigenvalue weighted by molar-refractivity contribution is 5.49. The normalized spacial score (nSPS) is 21.3. The number of pyridine rings is 1. The number of nitrogens with zero attached hydrogens (tertiary/aromatic N) is 4. The molecule has 0 unspecified atom stereocenters. The fourth-order valence-electron chi connectivity index (χ4n) is 2.80. The quantitative estimate of drug-likeness (QED) is 0.663. The molecule has 21 heavy (non-hydrogen) atoms. The van der Waals surface area contributed by atoms with Gasteiger partial charge in [-0.25, -0.2) is 4.98 Å². The smallest absolute Gasteiger partial charge is 0.290 e. The molecule has 0 bridgehead atoms. The highest BCUT2D eigenvalue weighted by Crippen LogP contribution is 2.24. The molecular formula is C14H22N4O3. The van der Waals surface area contributed by atoms with Gasteiger partial charge in [0, 0.05) is 37.8 Å². The minimum atomic E-state index is -0.407. The van der Waals surface area contributed by atoms with Crippen LogP contribution in [0.15, 0.2) is 12.3 Å². The van der Waals surface area contributed by atoms with Crippen LogP contribution in [0.5, 0.6) is 0 Å². The summed E-state index contributed by atoms with van der Waals surface area (Å²) in [5.74, 6) is 0.780. The van der Waals surface area contributed by atoms with Crippen LogP contribution in [0.2, 0.25) is 0 Å². The van der Waals surface area contributed by atoms with E-state index in [1.54, 1.807) is 19.9 Å². The fraction of sp³-hybridized carbons (Fsp3) is 0.643. The predicted octanol–water partition coefficient (Wildman–Crippen LogP) is 1.19. The minimum absolute atomic E-state index is 0.0548. The molecule has 0 aliphatic carbocycles. The van der Waals surface area contributed by atoms with Gasteiger partial charge in [0.1, 0.15) is 12.0 Å². The molecular weight excluding hydrogens is 272 g/mol. The molecule has 0 spiro atoms. The molecule has 2 rings (SSSR count). The summed E-state index contributed by atoms with van der Waals surface area (Å²) in [4.78, 5) is 19.1. The van der Waals surface area contributed by atoms with Crippen LogP contribution in [-0.2, 0) is 0 Å². The molecule has 1 aromatic rings. The number of aryl methyl sites for hydroxylation is 1. The Morgan fingerprint density at radius 2 is 2.29 bits per heavy atom. The lowest BCUT2D eigenvalue weighted by Gasteiger charge is -2.41. The third-order valence-corrected chi connectivity index (χ3v) is 3.79. The van der Waals surface area contributed by atoms with E-state index in [9.17, 15) is 15.2 Å². The van der Waals surface area contributed by atoms with Crippen LogP contribution in [0.1, 0.15) is 19.4 Å². The van der Waals surface area contributed by atoms with Gasteiger partial charge >= 0.3 is 0 Å². The number of anilines is 1. The molecule has 0 saturated carbocycles. The van der Waals surface area contributed by atoms with Crippen molar-refractivity contribution in [1.29, 1.82) is 0 Å². The van der Waals surface area contributed by atoms with Gasteiger partial charge in [0.25, 0.3) is 5.69 Å². The van der Waals surface area contributed by atoms with Crippen LogP contribution in [0.25, 0.3) is 0 Å². The zero-order valence-corrected chi connectivity index (χ0v) is 12.7. The Morgan fingerprint density at radius 1 is 1.57 bits per heavy atom. The van der Waals surface area contributed by atoms with E-state index in [0.29, 0.717) is 12.1 Å². The maximum absolute atomic E-state index is 10.8. The number of aliphatic hydroxyl groups is 1. The maximum Gasteiger partial charge on any atom is 0.290 e. The van der Waals surface area contributed by atoms with Crippen molar-refractivity contribution in [3.63, 3.8) is 0 Å². The second-order valence-electron chi connectivity index (χ2n) is 5.74. The van der Waals surface area contributed by atoms with E-state index >= 15 is 0 Å². The molecule has 1 saturated heterocycles. The first-order valence-corrected chi connectivity index (χ1v) is 7.16. The molecule has 0 aromatic carbocycles. The van der Waals surface area contributed by atoms with Crippen molar-refractivity contribution in [2.45, 2.75) is 32.9 Å². The zero-order chi connectivity index (χ0) is 15.6. The standard InChI is InChI=1S/C14H22N4O3/c1-10-6-14(15-7-13(10)18(20)21)17-5-4-16(8-11(17)2)9-12(3)19/h6-7,11-12,19H,4-5,8-9H2,1-3H3/t11-,12-/m1/s1. The lowest BCUT2D eigenvalue weighted by Crippen LogP contribution is -2.53. The van der Waals surface area contributed by atoms with Gasteiger partial charge in [-0.1, -0.05) is 0 Å². The van der Waals surface area contributed by atoms with Gasteiger partial charge < -0.3 is 10.0 Å². The van der Waals surface area contributed by atoms with Crippen LogP contribution in [0.3, 0.4) is 0 Å². The Hall–Kier alpha value is -1.73. The first kappa shape index (κ1) is 15.7. The van der Waals surface area contributed by atoms with E-state index in [0.717, 1.165) is 25.5 Å². The number of piperazine rings is 1. The van der Waals surface area contributed by atoms with Gasteiger partial charge in [0.05, 0.1) is 11.0 Å². The number of hydrogen-bond acceptors (Lipinski definition) is 6. The molecule has 1 aliphatic heterocycles. The Morgan fingerprint density at radius 3 is 2.81 bits per heavy atom. The maximum atomic E-state index is 10.8. The molecule has 0 amide bonds. The molecule has 2 heterocycles. The molecule has 0 radical (unpaired) electrons. The van der Waals surface area contributed by atoms with Crippen molar-refractivity contribution >= 4 is 11.5 Å². The first-order valence-electron chi connectivity index (χ1n) is 7.16. The number of β-amino-alcohol motifs (C(OH)–C–C–N with tert-alkyl or cyclic N) is 1. The topological polar surface area (TPSA) is 82.7 Å². The van der Waals surface area contributed by atoms with Crippen LogP contribution in [-0.4, -0.2) is 58.2 Å². The average Bonchev–Trinajstić information content (AvgIpc) is 2.37. The monoisotopic (exact) mass is 294 g/mol. The minimum Gasteiger partial charge on any atom is -0.392 e. The van der Waals surface area contributed by atoms with Crippen LogP contribution >= 0.6 is 0 Å². The second kappa shape index (κ2) is 6.36. The van der Waals surface area contributed by atoms with Gasteiger partial charge in [0.15, 0.2) is 0 Å². The lowest BCUT2D eigenvalue weighted by molar-refractivity contribution is -0.385. The Bertz CT molecular complexity index is 521. The average molecular weight is 294 g/mol. The van der Waals surface area contributed by atoms with Gasteiger partial charge in [-0.2, -0.15) is 0 Å². The van der Waals surface area contributed by atoms with Gasteiger partial charge in [-0.15, -0.1) is 0 Å². The SMILES string of the molecule is Cc1cc(N2CCN(C[C@@H](C)O)C[C@H]2C)ncc1[N+](=O)[O-]. The third-order valence-electron chi connectivity index (χ3n) is 3.79. The Balaban J connectivity index is 2.09.